The second kappa shape index (κ2) is 12.4. The summed E-state index contributed by atoms with van der Waals surface area (Å²) in [5.74, 6) is -0.0461. The van der Waals surface area contributed by atoms with E-state index in [-0.39, 0.29) is 17.4 Å². The summed E-state index contributed by atoms with van der Waals surface area (Å²) >= 11 is 0. The minimum absolute atomic E-state index is 0.0491. The molecule has 0 radical (unpaired) electrons. The van der Waals surface area contributed by atoms with Gasteiger partial charge < -0.3 is 24.2 Å². The van der Waals surface area contributed by atoms with Gasteiger partial charge in [0.25, 0.3) is 11.7 Å². The summed E-state index contributed by atoms with van der Waals surface area (Å²) in [6, 6.07) is 22.0. The molecule has 3 aliphatic rings. The highest BCUT2D eigenvalue weighted by Crippen LogP contribution is 2.41. The second-order valence-corrected chi connectivity index (χ2v) is 11.1. The van der Waals surface area contributed by atoms with E-state index >= 15 is 0 Å². The van der Waals surface area contributed by atoms with Gasteiger partial charge in [0, 0.05) is 38.2 Å². The Kier molecular flexibility index (Phi) is 8.26. The number of fused-ring (bicyclic) bond motifs is 1. The predicted octanol–water partition coefficient (Wildman–Crippen LogP) is 4.73. The Morgan fingerprint density at radius 1 is 0.976 bits per heavy atom. The molecule has 0 saturated carbocycles. The summed E-state index contributed by atoms with van der Waals surface area (Å²) in [5, 5.41) is 11.6. The number of hydrogen-bond donors (Lipinski definition) is 1. The first-order chi connectivity index (χ1) is 20.5. The standard InChI is InChI=1S/C34H36N2O6/c1-23-19-27-20-26(11-12-29(27)42-23)32(37)30-31(25-9-5-10-28(21-25)41-22-24-7-3-2-4-8-24)36(34(39)33(30)38)14-6-13-35-15-17-40-18-16-35/h2-5,7-12,20-21,23,31,37H,6,13-19,22H2,1H3/b32-30+/t23-,31+/m1/s1. The van der Waals surface area contributed by atoms with Crippen molar-refractivity contribution in [3.63, 3.8) is 0 Å². The fraction of sp³-hybridized carbons (Fsp3) is 0.353. The Morgan fingerprint density at radius 2 is 1.79 bits per heavy atom. The van der Waals surface area contributed by atoms with Crippen molar-refractivity contribution in [1.29, 1.82) is 0 Å². The van der Waals surface area contributed by atoms with E-state index in [1.807, 2.05) is 73.7 Å². The van der Waals surface area contributed by atoms with Gasteiger partial charge in [-0.3, -0.25) is 14.5 Å². The molecule has 3 aliphatic heterocycles. The van der Waals surface area contributed by atoms with E-state index in [2.05, 4.69) is 4.90 Å². The zero-order valence-electron chi connectivity index (χ0n) is 23.8. The van der Waals surface area contributed by atoms with Crippen molar-refractivity contribution in [3.8, 4) is 11.5 Å². The summed E-state index contributed by atoms with van der Waals surface area (Å²) in [6.07, 6.45) is 1.46. The number of Topliss-reactive ketones (excluding diaryl/α,β-unsaturated/α-hetero) is 1. The Bertz CT molecular complexity index is 1480. The Hall–Kier alpha value is -4.14. The van der Waals surface area contributed by atoms with Gasteiger partial charge in [0.1, 0.15) is 30.0 Å². The average molecular weight is 569 g/mol. The normalized spacial score (nSPS) is 21.8. The number of likely N-dealkylation sites (tertiary alicyclic amines) is 1. The van der Waals surface area contributed by atoms with Crippen LogP contribution in [0.3, 0.4) is 0 Å². The van der Waals surface area contributed by atoms with Crippen molar-refractivity contribution in [1.82, 2.24) is 9.80 Å². The lowest BCUT2D eigenvalue weighted by molar-refractivity contribution is -0.140. The number of carbonyl (C=O) groups excluding carboxylic acids is 2. The molecule has 3 aromatic carbocycles. The Morgan fingerprint density at radius 3 is 2.60 bits per heavy atom. The van der Waals surface area contributed by atoms with Crippen molar-refractivity contribution in [3.05, 3.63) is 101 Å². The van der Waals surface area contributed by atoms with Crippen molar-refractivity contribution in [2.45, 2.75) is 38.5 Å². The third-order valence-corrected chi connectivity index (χ3v) is 8.11. The maximum atomic E-state index is 13.6. The lowest BCUT2D eigenvalue weighted by atomic mass is 9.94. The van der Waals surface area contributed by atoms with Crippen LogP contribution >= 0.6 is 0 Å². The van der Waals surface area contributed by atoms with E-state index < -0.39 is 17.7 Å². The molecule has 8 nitrogen and oxygen atoms in total. The van der Waals surface area contributed by atoms with Gasteiger partial charge in [0.05, 0.1) is 24.8 Å². The van der Waals surface area contributed by atoms with Gasteiger partial charge in [-0.25, -0.2) is 0 Å². The van der Waals surface area contributed by atoms with Crippen LogP contribution in [-0.2, 0) is 27.4 Å². The zero-order valence-corrected chi connectivity index (χ0v) is 23.8. The molecule has 0 unspecified atom stereocenters. The monoisotopic (exact) mass is 568 g/mol. The van der Waals surface area contributed by atoms with Crippen LogP contribution in [0, 0.1) is 0 Å². The number of benzene rings is 3. The molecule has 2 atom stereocenters. The second-order valence-electron chi connectivity index (χ2n) is 11.1. The van der Waals surface area contributed by atoms with E-state index in [0.29, 0.717) is 49.7 Å². The SMILES string of the molecule is C[C@@H]1Cc2cc(/C(O)=C3\C(=O)C(=O)N(CCCN4CCOCC4)[C@H]3c3cccc(OCc4ccccc4)c3)ccc2O1. The first-order valence-electron chi connectivity index (χ1n) is 14.6. The summed E-state index contributed by atoms with van der Waals surface area (Å²) in [6.45, 7) is 6.66. The smallest absolute Gasteiger partial charge is 0.295 e. The molecule has 6 rings (SSSR count). The lowest BCUT2D eigenvalue weighted by Crippen LogP contribution is -2.38. The predicted molar refractivity (Wildman–Crippen MR) is 158 cm³/mol. The minimum Gasteiger partial charge on any atom is -0.507 e. The highest BCUT2D eigenvalue weighted by Gasteiger charge is 2.46. The Balaban J connectivity index is 1.32. The number of morpholine rings is 1. The zero-order chi connectivity index (χ0) is 29.1. The van der Waals surface area contributed by atoms with Gasteiger partial charge in [-0.15, -0.1) is 0 Å². The highest BCUT2D eigenvalue weighted by molar-refractivity contribution is 6.46. The van der Waals surface area contributed by atoms with Crippen molar-refractivity contribution >= 4 is 17.4 Å². The van der Waals surface area contributed by atoms with Crippen LogP contribution in [0.25, 0.3) is 5.76 Å². The molecular formula is C34H36N2O6. The third kappa shape index (κ3) is 5.91. The Labute approximate surface area is 246 Å². The molecule has 0 aromatic heterocycles. The quantitative estimate of drug-likeness (QED) is 0.227. The number of hydrogen-bond acceptors (Lipinski definition) is 7. The highest BCUT2D eigenvalue weighted by atomic mass is 16.5. The summed E-state index contributed by atoms with van der Waals surface area (Å²) in [7, 11) is 0. The van der Waals surface area contributed by atoms with E-state index in [0.717, 1.165) is 42.9 Å². The number of nitrogens with zero attached hydrogens (tertiary/aromatic N) is 2. The molecule has 2 saturated heterocycles. The third-order valence-electron chi connectivity index (χ3n) is 8.11. The molecule has 3 heterocycles. The largest absolute Gasteiger partial charge is 0.507 e. The number of ketones is 1. The van der Waals surface area contributed by atoms with E-state index in [1.54, 1.807) is 11.0 Å². The molecule has 0 aliphatic carbocycles. The van der Waals surface area contributed by atoms with E-state index in [9.17, 15) is 14.7 Å². The van der Waals surface area contributed by atoms with Gasteiger partial charge >= 0.3 is 0 Å². The van der Waals surface area contributed by atoms with Gasteiger partial charge in [-0.2, -0.15) is 0 Å². The maximum Gasteiger partial charge on any atom is 0.295 e. The van der Waals surface area contributed by atoms with Crippen LogP contribution in [0.15, 0.2) is 78.4 Å². The first kappa shape index (κ1) is 28.0. The number of ether oxygens (including phenoxy) is 3. The molecule has 42 heavy (non-hydrogen) atoms. The number of carbonyl (C=O) groups is 2. The number of rotatable bonds is 9. The number of amides is 1. The van der Waals surface area contributed by atoms with Gasteiger partial charge in [0.2, 0.25) is 0 Å². The number of aliphatic hydroxyl groups is 1. The van der Waals surface area contributed by atoms with Gasteiger partial charge in [-0.1, -0.05) is 42.5 Å². The van der Waals surface area contributed by atoms with Crippen LogP contribution in [-0.4, -0.2) is 72.1 Å². The molecule has 2 fully saturated rings. The van der Waals surface area contributed by atoms with Crippen LogP contribution in [0.2, 0.25) is 0 Å². The van der Waals surface area contributed by atoms with E-state index in [1.165, 1.54) is 0 Å². The average Bonchev–Trinajstić information content (AvgIpc) is 3.52. The molecule has 1 N–H and O–H groups in total. The molecular weight excluding hydrogens is 532 g/mol. The molecule has 3 aromatic rings. The molecule has 8 heteroatoms. The van der Waals surface area contributed by atoms with Crippen LogP contribution in [0.4, 0.5) is 0 Å². The molecule has 0 bridgehead atoms. The summed E-state index contributed by atoms with van der Waals surface area (Å²) in [5.41, 5.74) is 3.31. The van der Waals surface area contributed by atoms with Crippen molar-refractivity contribution in [2.24, 2.45) is 0 Å². The maximum absolute atomic E-state index is 13.6. The van der Waals surface area contributed by atoms with Gasteiger partial charge in [0.15, 0.2) is 0 Å². The van der Waals surface area contributed by atoms with E-state index in [4.69, 9.17) is 14.2 Å². The van der Waals surface area contributed by atoms with Crippen molar-refractivity contribution in [2.75, 3.05) is 39.4 Å². The topological polar surface area (TPSA) is 88.5 Å². The lowest BCUT2D eigenvalue weighted by Gasteiger charge is -2.29. The molecule has 1 amide bonds. The minimum atomic E-state index is -0.738. The molecule has 0 spiro atoms. The fourth-order valence-corrected chi connectivity index (χ4v) is 5.99. The first-order valence-corrected chi connectivity index (χ1v) is 14.6. The number of aliphatic hydroxyl groups excluding tert-OH is 1. The van der Waals surface area contributed by atoms with Crippen LogP contribution in [0.5, 0.6) is 11.5 Å². The van der Waals surface area contributed by atoms with Crippen LogP contribution < -0.4 is 9.47 Å². The fourth-order valence-electron chi connectivity index (χ4n) is 5.99. The summed E-state index contributed by atoms with van der Waals surface area (Å²) < 4.78 is 17.4. The molecule has 218 valence electrons. The van der Waals surface area contributed by atoms with Crippen LogP contribution in [0.1, 0.15) is 41.6 Å². The van der Waals surface area contributed by atoms with Gasteiger partial charge in [-0.05, 0) is 60.4 Å². The summed E-state index contributed by atoms with van der Waals surface area (Å²) in [4.78, 5) is 31.0. The van der Waals surface area contributed by atoms with Crippen molar-refractivity contribution < 1.29 is 28.9 Å².